The summed E-state index contributed by atoms with van der Waals surface area (Å²) in [4.78, 5) is 0. The van der Waals surface area contributed by atoms with E-state index < -0.39 is 0 Å². The average Bonchev–Trinajstić information content (AvgIpc) is 2.34. The first-order chi connectivity index (χ1) is 8.20. The molecule has 3 nitrogen and oxygen atoms in total. The first-order valence-corrected chi connectivity index (χ1v) is 5.59. The lowest BCUT2D eigenvalue weighted by Gasteiger charge is -2.08. The maximum atomic E-state index is 5.93. The fourth-order valence-corrected chi connectivity index (χ4v) is 1.72. The van der Waals surface area contributed by atoms with Crippen LogP contribution in [0.3, 0.4) is 0 Å². The molecule has 2 aromatic carbocycles. The van der Waals surface area contributed by atoms with Gasteiger partial charge in [0.25, 0.3) is 0 Å². The zero-order valence-corrected chi connectivity index (χ0v) is 9.81. The molecule has 0 fully saturated rings. The Bertz CT molecular complexity index is 506. The molecule has 2 rings (SSSR count). The standard InChI is InChI=1S/C14H16N2O/c1-2-17-12-6-3-10(4-7-12)13-9-11(15)5-8-14(13)16/h3-9H,2,15-16H2,1H3. The summed E-state index contributed by atoms with van der Waals surface area (Å²) in [7, 11) is 0. The molecule has 0 unspecified atom stereocenters. The van der Waals surface area contributed by atoms with Crippen LogP contribution in [0, 0.1) is 0 Å². The van der Waals surface area contributed by atoms with Gasteiger partial charge in [0.05, 0.1) is 6.61 Å². The second kappa shape index (κ2) is 4.78. The Labute approximate surface area is 101 Å². The molecular formula is C14H16N2O. The molecule has 0 aliphatic rings. The average molecular weight is 228 g/mol. The quantitative estimate of drug-likeness (QED) is 0.794. The van der Waals surface area contributed by atoms with Crippen molar-refractivity contribution in [3.63, 3.8) is 0 Å². The lowest BCUT2D eigenvalue weighted by Crippen LogP contribution is -1.94. The van der Waals surface area contributed by atoms with Crippen molar-refractivity contribution in [1.29, 1.82) is 0 Å². The fourth-order valence-electron chi connectivity index (χ4n) is 1.72. The molecule has 0 atom stereocenters. The van der Waals surface area contributed by atoms with Gasteiger partial charge in [-0.3, -0.25) is 0 Å². The highest BCUT2D eigenvalue weighted by molar-refractivity contribution is 5.79. The zero-order valence-electron chi connectivity index (χ0n) is 9.81. The lowest BCUT2D eigenvalue weighted by molar-refractivity contribution is 0.340. The van der Waals surface area contributed by atoms with E-state index in [-0.39, 0.29) is 0 Å². The third-order valence-electron chi connectivity index (χ3n) is 2.55. The van der Waals surface area contributed by atoms with Crippen LogP contribution in [-0.4, -0.2) is 6.61 Å². The van der Waals surface area contributed by atoms with E-state index in [4.69, 9.17) is 16.2 Å². The summed E-state index contributed by atoms with van der Waals surface area (Å²) in [5.41, 5.74) is 15.1. The van der Waals surface area contributed by atoms with Gasteiger partial charge in [-0.25, -0.2) is 0 Å². The number of nitrogens with two attached hydrogens (primary N) is 2. The van der Waals surface area contributed by atoms with Gasteiger partial charge in [-0.05, 0) is 42.8 Å². The van der Waals surface area contributed by atoms with Gasteiger partial charge in [0.15, 0.2) is 0 Å². The third-order valence-corrected chi connectivity index (χ3v) is 2.55. The first-order valence-electron chi connectivity index (χ1n) is 5.59. The molecule has 0 aromatic heterocycles. The van der Waals surface area contributed by atoms with Crippen LogP contribution in [0.1, 0.15) is 6.92 Å². The van der Waals surface area contributed by atoms with Crippen molar-refractivity contribution < 1.29 is 4.74 Å². The number of rotatable bonds is 3. The van der Waals surface area contributed by atoms with Crippen molar-refractivity contribution >= 4 is 11.4 Å². The van der Waals surface area contributed by atoms with Crippen LogP contribution in [0.5, 0.6) is 5.75 Å². The van der Waals surface area contributed by atoms with Crippen LogP contribution in [0.2, 0.25) is 0 Å². The second-order valence-electron chi connectivity index (χ2n) is 3.80. The summed E-state index contributed by atoms with van der Waals surface area (Å²) >= 11 is 0. The van der Waals surface area contributed by atoms with Crippen molar-refractivity contribution in [2.75, 3.05) is 18.1 Å². The van der Waals surface area contributed by atoms with E-state index in [1.807, 2.05) is 43.3 Å². The summed E-state index contributed by atoms with van der Waals surface area (Å²) in [5, 5.41) is 0. The van der Waals surface area contributed by atoms with Crippen molar-refractivity contribution in [3.05, 3.63) is 42.5 Å². The van der Waals surface area contributed by atoms with Gasteiger partial charge in [0, 0.05) is 16.9 Å². The van der Waals surface area contributed by atoms with Crippen LogP contribution >= 0.6 is 0 Å². The molecule has 2 aromatic rings. The number of hydrogen-bond acceptors (Lipinski definition) is 3. The molecule has 0 saturated carbocycles. The Morgan fingerprint density at radius 1 is 1.00 bits per heavy atom. The van der Waals surface area contributed by atoms with Gasteiger partial charge in [0.2, 0.25) is 0 Å². The Morgan fingerprint density at radius 3 is 2.35 bits per heavy atom. The first kappa shape index (κ1) is 11.3. The van der Waals surface area contributed by atoms with Crippen molar-refractivity contribution in [2.24, 2.45) is 0 Å². The van der Waals surface area contributed by atoms with E-state index in [1.165, 1.54) is 0 Å². The molecule has 4 N–H and O–H groups in total. The maximum absolute atomic E-state index is 5.93. The SMILES string of the molecule is CCOc1ccc(-c2cc(N)ccc2N)cc1. The normalized spacial score (nSPS) is 10.2. The molecule has 0 aliphatic heterocycles. The molecular weight excluding hydrogens is 212 g/mol. The topological polar surface area (TPSA) is 61.3 Å². The maximum Gasteiger partial charge on any atom is 0.119 e. The van der Waals surface area contributed by atoms with Gasteiger partial charge in [0.1, 0.15) is 5.75 Å². The van der Waals surface area contributed by atoms with Crippen molar-refractivity contribution in [2.45, 2.75) is 6.92 Å². The van der Waals surface area contributed by atoms with Crippen LogP contribution in [-0.2, 0) is 0 Å². The monoisotopic (exact) mass is 228 g/mol. The number of benzene rings is 2. The molecule has 0 spiro atoms. The molecule has 0 radical (unpaired) electrons. The summed E-state index contributed by atoms with van der Waals surface area (Å²) in [6.45, 7) is 2.63. The molecule has 0 heterocycles. The highest BCUT2D eigenvalue weighted by atomic mass is 16.5. The Balaban J connectivity index is 2.36. The largest absolute Gasteiger partial charge is 0.494 e. The van der Waals surface area contributed by atoms with E-state index in [1.54, 1.807) is 6.07 Å². The van der Waals surface area contributed by atoms with Crippen LogP contribution in [0.15, 0.2) is 42.5 Å². The summed E-state index contributed by atoms with van der Waals surface area (Å²) in [6.07, 6.45) is 0. The minimum atomic E-state index is 0.666. The fraction of sp³-hybridized carbons (Fsp3) is 0.143. The molecule has 3 heteroatoms. The Hall–Kier alpha value is -2.16. The van der Waals surface area contributed by atoms with Crippen LogP contribution in [0.25, 0.3) is 11.1 Å². The van der Waals surface area contributed by atoms with Crippen molar-refractivity contribution in [3.8, 4) is 16.9 Å². The van der Waals surface area contributed by atoms with Gasteiger partial charge in [-0.1, -0.05) is 12.1 Å². The lowest BCUT2D eigenvalue weighted by atomic mass is 10.0. The smallest absolute Gasteiger partial charge is 0.119 e. The highest BCUT2D eigenvalue weighted by Crippen LogP contribution is 2.29. The number of anilines is 2. The van der Waals surface area contributed by atoms with E-state index >= 15 is 0 Å². The van der Waals surface area contributed by atoms with Gasteiger partial charge >= 0.3 is 0 Å². The predicted molar refractivity (Wildman–Crippen MR) is 71.9 cm³/mol. The van der Waals surface area contributed by atoms with Crippen molar-refractivity contribution in [1.82, 2.24) is 0 Å². The number of nitrogen functional groups attached to an aromatic ring is 2. The van der Waals surface area contributed by atoms with Gasteiger partial charge < -0.3 is 16.2 Å². The van der Waals surface area contributed by atoms with Crippen LogP contribution < -0.4 is 16.2 Å². The molecule has 0 bridgehead atoms. The predicted octanol–water partition coefficient (Wildman–Crippen LogP) is 2.92. The molecule has 0 amide bonds. The van der Waals surface area contributed by atoms with Gasteiger partial charge in [-0.2, -0.15) is 0 Å². The summed E-state index contributed by atoms with van der Waals surface area (Å²) in [6, 6.07) is 13.3. The highest BCUT2D eigenvalue weighted by Gasteiger charge is 2.03. The summed E-state index contributed by atoms with van der Waals surface area (Å²) in [5.74, 6) is 0.860. The van der Waals surface area contributed by atoms with E-state index in [9.17, 15) is 0 Å². The Kier molecular flexibility index (Phi) is 3.19. The number of ether oxygens (including phenoxy) is 1. The minimum absolute atomic E-state index is 0.666. The Morgan fingerprint density at radius 2 is 1.71 bits per heavy atom. The zero-order chi connectivity index (χ0) is 12.3. The number of hydrogen-bond donors (Lipinski definition) is 2. The molecule has 88 valence electrons. The third kappa shape index (κ3) is 2.50. The minimum Gasteiger partial charge on any atom is -0.494 e. The van der Waals surface area contributed by atoms with Crippen LogP contribution in [0.4, 0.5) is 11.4 Å². The molecule has 17 heavy (non-hydrogen) atoms. The molecule has 0 saturated heterocycles. The summed E-state index contributed by atoms with van der Waals surface area (Å²) < 4.78 is 5.39. The van der Waals surface area contributed by atoms with Gasteiger partial charge in [-0.15, -0.1) is 0 Å². The second-order valence-corrected chi connectivity index (χ2v) is 3.80. The van der Waals surface area contributed by atoms with E-state index in [0.717, 1.165) is 22.6 Å². The molecule has 0 aliphatic carbocycles. The van der Waals surface area contributed by atoms with E-state index in [0.29, 0.717) is 12.3 Å². The van der Waals surface area contributed by atoms with E-state index in [2.05, 4.69) is 0 Å².